The predicted molar refractivity (Wildman–Crippen MR) is 120 cm³/mol. The fraction of sp³-hybridized carbons (Fsp3) is 0.600. The SMILES string of the molecule is C[C@@H]1CN(C(=O)C(NC(=O)c2cc3c(F)cccc3[nH]2)C2CCCCC2)[C@H](C)C1(C)C. The van der Waals surface area contributed by atoms with Crippen LogP contribution in [0.2, 0.25) is 0 Å². The number of aromatic amines is 1. The smallest absolute Gasteiger partial charge is 0.268 e. The standard InChI is InChI=1S/C25H34FN3O2/c1-15-14-29(16(2)25(15,3)4)24(31)22(17-9-6-5-7-10-17)28-23(30)21-13-18-19(26)11-8-12-20(18)27-21/h8,11-13,15-17,22,27H,5-7,9-10,14H2,1-4H3,(H,28,30)/t15-,16-,22?/m1/s1. The minimum absolute atomic E-state index is 0.0208. The van der Waals surface area contributed by atoms with Gasteiger partial charge >= 0.3 is 0 Å². The van der Waals surface area contributed by atoms with Crippen molar-refractivity contribution in [1.82, 2.24) is 15.2 Å². The molecule has 1 saturated heterocycles. The first-order chi connectivity index (χ1) is 14.7. The molecule has 1 aliphatic heterocycles. The van der Waals surface area contributed by atoms with E-state index < -0.39 is 6.04 Å². The molecule has 0 bridgehead atoms. The minimum atomic E-state index is -0.549. The van der Waals surface area contributed by atoms with Crippen molar-refractivity contribution in [3.05, 3.63) is 35.8 Å². The van der Waals surface area contributed by atoms with Crippen molar-refractivity contribution < 1.29 is 14.0 Å². The second-order valence-corrected chi connectivity index (χ2v) is 10.1. The van der Waals surface area contributed by atoms with E-state index in [-0.39, 0.29) is 40.7 Å². The Bertz CT molecular complexity index is 976. The largest absolute Gasteiger partial charge is 0.350 e. The third kappa shape index (κ3) is 3.97. The van der Waals surface area contributed by atoms with Gasteiger partial charge in [0.2, 0.25) is 5.91 Å². The van der Waals surface area contributed by atoms with Gasteiger partial charge < -0.3 is 15.2 Å². The van der Waals surface area contributed by atoms with E-state index in [0.29, 0.717) is 23.4 Å². The first kappa shape index (κ1) is 21.8. The van der Waals surface area contributed by atoms with E-state index in [4.69, 9.17) is 0 Å². The summed E-state index contributed by atoms with van der Waals surface area (Å²) in [5.74, 6) is -0.163. The van der Waals surface area contributed by atoms with Crippen molar-refractivity contribution in [3.63, 3.8) is 0 Å². The molecule has 2 N–H and O–H groups in total. The van der Waals surface area contributed by atoms with Crippen LogP contribution in [0.4, 0.5) is 4.39 Å². The number of carbonyl (C=O) groups excluding carboxylic acids is 2. The Labute approximate surface area is 183 Å². The van der Waals surface area contributed by atoms with Gasteiger partial charge in [-0.1, -0.05) is 46.1 Å². The Morgan fingerprint density at radius 3 is 2.52 bits per heavy atom. The average Bonchev–Trinajstić information content (AvgIpc) is 3.28. The number of nitrogens with one attached hydrogen (secondary N) is 2. The second kappa shape index (κ2) is 8.29. The van der Waals surface area contributed by atoms with E-state index in [1.54, 1.807) is 12.1 Å². The zero-order valence-electron chi connectivity index (χ0n) is 19.0. The molecule has 5 nitrogen and oxygen atoms in total. The zero-order valence-corrected chi connectivity index (χ0v) is 19.0. The topological polar surface area (TPSA) is 65.2 Å². The normalized spacial score (nSPS) is 25.0. The summed E-state index contributed by atoms with van der Waals surface area (Å²) in [6.07, 6.45) is 5.23. The Hall–Kier alpha value is -2.37. The van der Waals surface area contributed by atoms with Crippen molar-refractivity contribution in [1.29, 1.82) is 0 Å². The van der Waals surface area contributed by atoms with Gasteiger partial charge in [-0.05, 0) is 55.2 Å². The van der Waals surface area contributed by atoms with Crippen LogP contribution >= 0.6 is 0 Å². The molecule has 1 aromatic heterocycles. The van der Waals surface area contributed by atoms with E-state index in [1.165, 1.54) is 18.6 Å². The van der Waals surface area contributed by atoms with Crippen LogP contribution in [0.25, 0.3) is 10.9 Å². The summed E-state index contributed by atoms with van der Waals surface area (Å²) in [5, 5.41) is 3.43. The van der Waals surface area contributed by atoms with E-state index in [0.717, 1.165) is 25.7 Å². The highest BCUT2D eigenvalue weighted by molar-refractivity contribution is 6.00. The third-order valence-electron chi connectivity index (χ3n) is 8.10. The number of H-pyrrole nitrogens is 1. The van der Waals surface area contributed by atoms with Crippen LogP contribution in [0, 0.1) is 23.1 Å². The lowest BCUT2D eigenvalue weighted by Crippen LogP contribution is -2.54. The first-order valence-corrected chi connectivity index (χ1v) is 11.6. The van der Waals surface area contributed by atoms with Crippen LogP contribution in [0.3, 0.4) is 0 Å². The van der Waals surface area contributed by atoms with Gasteiger partial charge in [0.1, 0.15) is 17.6 Å². The lowest BCUT2D eigenvalue weighted by Gasteiger charge is -2.36. The molecule has 4 rings (SSSR count). The Morgan fingerprint density at radius 2 is 1.90 bits per heavy atom. The number of amides is 2. The molecule has 3 atom stereocenters. The van der Waals surface area contributed by atoms with Crippen LogP contribution in [0.1, 0.15) is 70.3 Å². The van der Waals surface area contributed by atoms with Gasteiger partial charge in [0, 0.05) is 23.5 Å². The van der Waals surface area contributed by atoms with Gasteiger partial charge in [-0.25, -0.2) is 4.39 Å². The highest BCUT2D eigenvalue weighted by atomic mass is 19.1. The molecule has 2 fully saturated rings. The number of aromatic nitrogens is 1. The van der Waals surface area contributed by atoms with Crippen molar-refractivity contribution in [2.45, 2.75) is 71.9 Å². The zero-order chi connectivity index (χ0) is 22.3. The number of carbonyl (C=O) groups is 2. The number of fused-ring (bicyclic) bond motifs is 1. The fourth-order valence-corrected chi connectivity index (χ4v) is 5.27. The maximum Gasteiger partial charge on any atom is 0.268 e. The summed E-state index contributed by atoms with van der Waals surface area (Å²) in [5.41, 5.74) is 0.900. The summed E-state index contributed by atoms with van der Waals surface area (Å²) in [4.78, 5) is 31.8. The molecule has 2 aliphatic rings. The number of halogens is 1. The van der Waals surface area contributed by atoms with E-state index >= 15 is 0 Å². The Balaban J connectivity index is 1.59. The Morgan fingerprint density at radius 1 is 1.19 bits per heavy atom. The number of hydrogen-bond donors (Lipinski definition) is 2. The van der Waals surface area contributed by atoms with Crippen molar-refractivity contribution in [2.24, 2.45) is 17.3 Å². The number of rotatable bonds is 4. The average molecular weight is 428 g/mol. The highest BCUT2D eigenvalue weighted by Crippen LogP contribution is 2.41. The summed E-state index contributed by atoms with van der Waals surface area (Å²) < 4.78 is 14.1. The molecule has 2 heterocycles. The van der Waals surface area contributed by atoms with Crippen LogP contribution in [0.5, 0.6) is 0 Å². The molecule has 1 aromatic carbocycles. The van der Waals surface area contributed by atoms with Crippen LogP contribution in [-0.2, 0) is 4.79 Å². The van der Waals surface area contributed by atoms with Crippen LogP contribution in [0.15, 0.2) is 24.3 Å². The van der Waals surface area contributed by atoms with Crippen LogP contribution in [-0.4, -0.2) is 40.3 Å². The maximum atomic E-state index is 14.1. The quantitative estimate of drug-likeness (QED) is 0.730. The number of hydrogen-bond acceptors (Lipinski definition) is 2. The van der Waals surface area contributed by atoms with Crippen molar-refractivity contribution >= 4 is 22.7 Å². The summed E-state index contributed by atoms with van der Waals surface area (Å²) >= 11 is 0. The fourth-order valence-electron chi connectivity index (χ4n) is 5.27. The molecule has 1 saturated carbocycles. The number of nitrogens with zero attached hydrogens (tertiary/aromatic N) is 1. The van der Waals surface area contributed by atoms with Gasteiger partial charge in [-0.15, -0.1) is 0 Å². The molecule has 0 radical (unpaired) electrons. The molecular weight excluding hydrogens is 393 g/mol. The predicted octanol–water partition coefficient (Wildman–Crippen LogP) is 4.88. The molecule has 6 heteroatoms. The molecule has 31 heavy (non-hydrogen) atoms. The summed E-state index contributed by atoms with van der Waals surface area (Å²) in [7, 11) is 0. The summed E-state index contributed by atoms with van der Waals surface area (Å²) in [6, 6.07) is 5.83. The van der Waals surface area contributed by atoms with Crippen molar-refractivity contribution in [3.8, 4) is 0 Å². The first-order valence-electron chi connectivity index (χ1n) is 11.6. The lowest BCUT2D eigenvalue weighted by molar-refractivity contribution is -0.136. The van der Waals surface area contributed by atoms with Gasteiger partial charge in [0.05, 0.1) is 0 Å². The molecule has 2 amide bonds. The Kier molecular flexibility index (Phi) is 5.84. The number of benzene rings is 1. The molecule has 1 unspecified atom stereocenters. The van der Waals surface area contributed by atoms with Crippen LogP contribution < -0.4 is 5.32 Å². The number of likely N-dealkylation sites (tertiary alicyclic amines) is 1. The van der Waals surface area contributed by atoms with Gasteiger partial charge in [0.15, 0.2) is 0 Å². The molecule has 0 spiro atoms. The summed E-state index contributed by atoms with van der Waals surface area (Å²) in [6.45, 7) is 9.44. The van der Waals surface area contributed by atoms with E-state index in [1.807, 2.05) is 4.90 Å². The highest BCUT2D eigenvalue weighted by Gasteiger charge is 2.47. The molecule has 168 valence electrons. The van der Waals surface area contributed by atoms with E-state index in [9.17, 15) is 14.0 Å². The molecule has 2 aromatic rings. The maximum absolute atomic E-state index is 14.1. The second-order valence-electron chi connectivity index (χ2n) is 10.1. The minimum Gasteiger partial charge on any atom is -0.350 e. The lowest BCUT2D eigenvalue weighted by atomic mass is 9.78. The van der Waals surface area contributed by atoms with E-state index in [2.05, 4.69) is 38.0 Å². The molecule has 1 aliphatic carbocycles. The molecular formula is C25H34FN3O2. The van der Waals surface area contributed by atoms with Gasteiger partial charge in [-0.2, -0.15) is 0 Å². The van der Waals surface area contributed by atoms with Gasteiger partial charge in [-0.3, -0.25) is 9.59 Å². The van der Waals surface area contributed by atoms with Crippen molar-refractivity contribution in [2.75, 3.05) is 6.54 Å². The monoisotopic (exact) mass is 427 g/mol. The van der Waals surface area contributed by atoms with Gasteiger partial charge in [0.25, 0.3) is 5.91 Å². The third-order valence-corrected chi connectivity index (χ3v) is 8.10.